The molecule has 0 aliphatic carbocycles. The standard InChI is InChI=1S/C14H28O6/c1-2-3-4-5-6-7-8-13(18)20-10-12(17)14(19)11(16)9-15/h11-12,14-17,19H,2-10H2,1H3. The SMILES string of the molecule is CCCCCCCCC(=O)OCC(O)C(O)C(O)CO. The van der Waals surface area contributed by atoms with E-state index in [1.807, 2.05) is 0 Å². The fourth-order valence-corrected chi connectivity index (χ4v) is 1.76. The number of unbranched alkanes of at least 4 members (excludes halogenated alkanes) is 5. The smallest absolute Gasteiger partial charge is 0.305 e. The van der Waals surface area contributed by atoms with Gasteiger partial charge in [-0.2, -0.15) is 0 Å². The normalized spacial score (nSPS) is 15.7. The van der Waals surface area contributed by atoms with Gasteiger partial charge in [0.1, 0.15) is 24.9 Å². The van der Waals surface area contributed by atoms with Gasteiger partial charge in [-0.05, 0) is 6.42 Å². The van der Waals surface area contributed by atoms with Gasteiger partial charge in [-0.15, -0.1) is 0 Å². The van der Waals surface area contributed by atoms with Crippen molar-refractivity contribution in [2.24, 2.45) is 0 Å². The Hall–Kier alpha value is -0.690. The Morgan fingerprint density at radius 2 is 1.60 bits per heavy atom. The quantitative estimate of drug-likeness (QED) is 0.305. The number of hydrogen-bond acceptors (Lipinski definition) is 6. The summed E-state index contributed by atoms with van der Waals surface area (Å²) in [5, 5.41) is 36.5. The average molecular weight is 292 g/mol. The van der Waals surface area contributed by atoms with Crippen molar-refractivity contribution in [3.8, 4) is 0 Å². The van der Waals surface area contributed by atoms with Crippen LogP contribution in [0.5, 0.6) is 0 Å². The molecule has 0 fully saturated rings. The maximum absolute atomic E-state index is 11.4. The van der Waals surface area contributed by atoms with Gasteiger partial charge in [-0.25, -0.2) is 0 Å². The number of rotatable bonds is 12. The first-order valence-electron chi connectivity index (χ1n) is 7.33. The molecule has 0 spiro atoms. The molecule has 0 aromatic heterocycles. The summed E-state index contributed by atoms with van der Waals surface area (Å²) in [4.78, 5) is 11.4. The second-order valence-corrected chi connectivity index (χ2v) is 5.01. The number of ether oxygens (including phenoxy) is 1. The van der Waals surface area contributed by atoms with Crippen LogP contribution in [0.15, 0.2) is 0 Å². The highest BCUT2D eigenvalue weighted by Gasteiger charge is 2.25. The van der Waals surface area contributed by atoms with Crippen LogP contribution in [0.1, 0.15) is 51.9 Å². The predicted molar refractivity (Wildman–Crippen MR) is 74.1 cm³/mol. The number of esters is 1. The Kier molecular flexibility index (Phi) is 11.7. The van der Waals surface area contributed by atoms with Gasteiger partial charge in [0.25, 0.3) is 0 Å². The van der Waals surface area contributed by atoms with Gasteiger partial charge in [0.05, 0.1) is 6.61 Å². The summed E-state index contributed by atoms with van der Waals surface area (Å²) in [5.74, 6) is -0.426. The van der Waals surface area contributed by atoms with Crippen LogP contribution in [-0.4, -0.2) is 57.9 Å². The van der Waals surface area contributed by atoms with Crippen molar-refractivity contribution in [1.82, 2.24) is 0 Å². The van der Waals surface area contributed by atoms with Crippen molar-refractivity contribution in [3.05, 3.63) is 0 Å². The molecule has 3 atom stereocenters. The Balaban J connectivity index is 3.62. The van der Waals surface area contributed by atoms with E-state index < -0.39 is 30.9 Å². The molecule has 0 bridgehead atoms. The number of aliphatic hydroxyl groups is 4. The minimum absolute atomic E-state index is 0.289. The number of carbonyl (C=O) groups is 1. The van der Waals surface area contributed by atoms with E-state index in [-0.39, 0.29) is 13.0 Å². The monoisotopic (exact) mass is 292 g/mol. The molecule has 0 heterocycles. The lowest BCUT2D eigenvalue weighted by Crippen LogP contribution is -2.42. The fraction of sp³-hybridized carbons (Fsp3) is 0.929. The van der Waals surface area contributed by atoms with Gasteiger partial charge in [-0.1, -0.05) is 39.0 Å². The maximum Gasteiger partial charge on any atom is 0.305 e. The first-order chi connectivity index (χ1) is 9.52. The lowest BCUT2D eigenvalue weighted by Gasteiger charge is -2.21. The molecule has 0 aliphatic heterocycles. The highest BCUT2D eigenvalue weighted by molar-refractivity contribution is 5.69. The summed E-state index contributed by atoms with van der Waals surface area (Å²) in [6.07, 6.45) is 2.32. The molecule has 120 valence electrons. The summed E-state index contributed by atoms with van der Waals surface area (Å²) >= 11 is 0. The van der Waals surface area contributed by atoms with Crippen molar-refractivity contribution in [1.29, 1.82) is 0 Å². The van der Waals surface area contributed by atoms with Crippen LogP contribution in [-0.2, 0) is 9.53 Å². The fourth-order valence-electron chi connectivity index (χ4n) is 1.76. The van der Waals surface area contributed by atoms with Crippen LogP contribution in [0, 0.1) is 0 Å². The first kappa shape index (κ1) is 19.3. The van der Waals surface area contributed by atoms with Crippen molar-refractivity contribution >= 4 is 5.97 Å². The second-order valence-electron chi connectivity index (χ2n) is 5.01. The summed E-state index contributed by atoms with van der Waals surface area (Å²) in [5.41, 5.74) is 0. The van der Waals surface area contributed by atoms with Gasteiger partial charge in [0.15, 0.2) is 0 Å². The highest BCUT2D eigenvalue weighted by atomic mass is 16.5. The van der Waals surface area contributed by atoms with E-state index in [0.717, 1.165) is 19.3 Å². The predicted octanol–water partition coefficient (Wildman–Crippen LogP) is 0.355. The maximum atomic E-state index is 11.4. The molecular weight excluding hydrogens is 264 g/mol. The van der Waals surface area contributed by atoms with Crippen molar-refractivity contribution in [2.45, 2.75) is 70.2 Å². The average Bonchev–Trinajstić information content (AvgIpc) is 2.46. The molecule has 0 aromatic rings. The van der Waals surface area contributed by atoms with Crippen LogP contribution in [0.2, 0.25) is 0 Å². The summed E-state index contributed by atoms with van der Waals surface area (Å²) in [7, 11) is 0. The van der Waals surface area contributed by atoms with E-state index in [1.165, 1.54) is 19.3 Å². The Morgan fingerprint density at radius 3 is 2.20 bits per heavy atom. The lowest BCUT2D eigenvalue weighted by molar-refractivity contribution is -0.152. The van der Waals surface area contributed by atoms with Crippen molar-refractivity contribution in [3.63, 3.8) is 0 Å². The van der Waals surface area contributed by atoms with Gasteiger partial charge in [0.2, 0.25) is 0 Å². The first-order valence-corrected chi connectivity index (χ1v) is 7.33. The van der Waals surface area contributed by atoms with Gasteiger partial charge in [0, 0.05) is 6.42 Å². The third-order valence-electron chi connectivity index (χ3n) is 3.13. The van der Waals surface area contributed by atoms with Crippen molar-refractivity contribution < 1.29 is 30.0 Å². The topological polar surface area (TPSA) is 107 Å². The van der Waals surface area contributed by atoms with Crippen LogP contribution in [0.3, 0.4) is 0 Å². The minimum atomic E-state index is -1.53. The molecule has 3 unspecified atom stereocenters. The Morgan fingerprint density at radius 1 is 1.00 bits per heavy atom. The number of aliphatic hydroxyl groups excluding tert-OH is 4. The van der Waals surface area contributed by atoms with Crippen LogP contribution >= 0.6 is 0 Å². The molecule has 0 radical (unpaired) electrons. The summed E-state index contributed by atoms with van der Waals surface area (Å²) in [6.45, 7) is 1.10. The van der Waals surface area contributed by atoms with Gasteiger partial charge >= 0.3 is 5.97 Å². The van der Waals surface area contributed by atoms with E-state index >= 15 is 0 Å². The molecule has 4 N–H and O–H groups in total. The molecule has 0 amide bonds. The van der Waals surface area contributed by atoms with E-state index in [1.54, 1.807) is 0 Å². The van der Waals surface area contributed by atoms with E-state index in [2.05, 4.69) is 6.92 Å². The summed E-state index contributed by atoms with van der Waals surface area (Å²) in [6, 6.07) is 0. The third kappa shape index (κ3) is 9.25. The van der Waals surface area contributed by atoms with E-state index in [9.17, 15) is 15.0 Å². The molecule has 0 aromatic carbocycles. The molecule has 0 saturated carbocycles. The van der Waals surface area contributed by atoms with Crippen molar-refractivity contribution in [2.75, 3.05) is 13.2 Å². The molecule has 0 saturated heterocycles. The highest BCUT2D eigenvalue weighted by Crippen LogP contribution is 2.08. The van der Waals surface area contributed by atoms with Gasteiger partial charge in [-0.3, -0.25) is 4.79 Å². The third-order valence-corrected chi connectivity index (χ3v) is 3.13. The van der Waals surface area contributed by atoms with Crippen LogP contribution in [0.4, 0.5) is 0 Å². The zero-order valence-corrected chi connectivity index (χ0v) is 12.2. The number of carbonyl (C=O) groups excluding carboxylic acids is 1. The van der Waals surface area contributed by atoms with Crippen LogP contribution < -0.4 is 0 Å². The molecular formula is C14H28O6. The Labute approximate surface area is 120 Å². The zero-order valence-electron chi connectivity index (χ0n) is 12.2. The lowest BCUT2D eigenvalue weighted by atomic mass is 10.1. The molecule has 6 heteroatoms. The molecule has 20 heavy (non-hydrogen) atoms. The van der Waals surface area contributed by atoms with E-state index in [0.29, 0.717) is 0 Å². The van der Waals surface area contributed by atoms with Crippen LogP contribution in [0.25, 0.3) is 0 Å². The summed E-state index contributed by atoms with van der Waals surface area (Å²) < 4.78 is 4.81. The zero-order chi connectivity index (χ0) is 15.4. The number of hydrogen-bond donors (Lipinski definition) is 4. The Bertz CT molecular complexity index is 246. The molecule has 0 aliphatic rings. The van der Waals surface area contributed by atoms with E-state index in [4.69, 9.17) is 14.9 Å². The largest absolute Gasteiger partial charge is 0.463 e. The van der Waals surface area contributed by atoms with Gasteiger partial charge < -0.3 is 25.2 Å². The second kappa shape index (κ2) is 12.1. The molecule has 6 nitrogen and oxygen atoms in total. The minimum Gasteiger partial charge on any atom is -0.463 e. The molecule has 0 rings (SSSR count).